The zero-order chi connectivity index (χ0) is 10.7. The Kier molecular flexibility index (Phi) is 3.18. The predicted octanol–water partition coefficient (Wildman–Crippen LogP) is 2.07. The van der Waals surface area contributed by atoms with E-state index in [1.165, 1.54) is 11.3 Å². The van der Waals surface area contributed by atoms with E-state index in [0.29, 0.717) is 0 Å². The van der Waals surface area contributed by atoms with Crippen molar-refractivity contribution in [3.05, 3.63) is 32.9 Å². The number of allylic oxidation sites excluding steroid dienone is 1. The van der Waals surface area contributed by atoms with Crippen molar-refractivity contribution in [1.82, 2.24) is 0 Å². The summed E-state index contributed by atoms with van der Waals surface area (Å²) in [5.41, 5.74) is 0. The van der Waals surface area contributed by atoms with E-state index in [1.807, 2.05) is 12.1 Å². The minimum atomic E-state index is -0.297. The highest BCUT2D eigenvalue weighted by atomic mass is 32.2. The van der Waals surface area contributed by atoms with E-state index < -0.39 is 0 Å². The molecule has 0 aliphatic carbocycles. The lowest BCUT2D eigenvalue weighted by atomic mass is 10.3. The van der Waals surface area contributed by atoms with E-state index in [4.69, 9.17) is 6.42 Å². The van der Waals surface area contributed by atoms with Gasteiger partial charge in [0, 0.05) is 16.7 Å². The molecule has 2 rings (SSSR count). The molecule has 1 N–H and O–H groups in total. The highest BCUT2D eigenvalue weighted by molar-refractivity contribution is 8.04. The second kappa shape index (κ2) is 4.59. The first-order valence-corrected chi connectivity index (χ1v) is 6.18. The largest absolute Gasteiger partial charge is 0.387 e. The van der Waals surface area contributed by atoms with Crippen molar-refractivity contribution in [2.24, 2.45) is 0 Å². The number of thiophene rings is 1. The van der Waals surface area contributed by atoms with Crippen LogP contribution in [-0.2, 0) is 0 Å². The van der Waals surface area contributed by atoms with Crippen molar-refractivity contribution in [3.8, 4) is 24.2 Å². The van der Waals surface area contributed by atoms with Crippen molar-refractivity contribution < 1.29 is 5.11 Å². The maximum atomic E-state index is 9.27. The van der Waals surface area contributed by atoms with Gasteiger partial charge in [0.25, 0.3) is 0 Å². The molecule has 0 radical (unpaired) electrons. The van der Waals surface area contributed by atoms with Gasteiger partial charge >= 0.3 is 0 Å². The first-order chi connectivity index (χ1) is 7.29. The Bertz CT molecular complexity index is 494. The van der Waals surface area contributed by atoms with Crippen molar-refractivity contribution in [2.45, 2.75) is 6.10 Å². The molecule has 1 unspecified atom stereocenters. The van der Waals surface area contributed by atoms with Crippen LogP contribution in [0.5, 0.6) is 0 Å². The monoisotopic (exact) mass is 232 g/mol. The molecule has 1 atom stereocenters. The molecule has 1 aromatic heterocycles. The van der Waals surface area contributed by atoms with Crippen LogP contribution < -0.4 is 0 Å². The fourth-order valence-corrected chi connectivity index (χ4v) is 2.38. The first-order valence-electron chi connectivity index (χ1n) is 4.38. The summed E-state index contributed by atoms with van der Waals surface area (Å²) in [7, 11) is 0. The average Bonchev–Trinajstić information content (AvgIpc) is 2.70. The van der Waals surface area contributed by atoms with Gasteiger partial charge in [0.1, 0.15) is 0 Å². The molecular formula is C12H8OS2. The molecule has 1 aromatic rings. The summed E-state index contributed by atoms with van der Waals surface area (Å²) in [6.07, 6.45) is 6.73. The highest BCUT2D eigenvalue weighted by Crippen LogP contribution is 2.32. The Labute approximate surface area is 97.2 Å². The van der Waals surface area contributed by atoms with E-state index in [1.54, 1.807) is 17.8 Å². The van der Waals surface area contributed by atoms with Gasteiger partial charge in [-0.25, -0.2) is 0 Å². The van der Waals surface area contributed by atoms with Crippen LogP contribution >= 0.6 is 23.1 Å². The van der Waals surface area contributed by atoms with E-state index in [0.717, 1.165) is 20.4 Å². The van der Waals surface area contributed by atoms with Crippen molar-refractivity contribution in [3.63, 3.8) is 0 Å². The van der Waals surface area contributed by atoms with Crippen LogP contribution in [0.25, 0.3) is 0 Å². The summed E-state index contributed by atoms with van der Waals surface area (Å²) in [4.78, 5) is 2.81. The van der Waals surface area contributed by atoms with Gasteiger partial charge in [-0.2, -0.15) is 0 Å². The van der Waals surface area contributed by atoms with Gasteiger partial charge < -0.3 is 5.11 Å². The van der Waals surface area contributed by atoms with Crippen LogP contribution in [0.3, 0.4) is 0 Å². The van der Waals surface area contributed by atoms with Gasteiger partial charge in [-0.15, -0.1) is 29.5 Å². The van der Waals surface area contributed by atoms with Crippen LogP contribution in [0.15, 0.2) is 23.1 Å². The number of thioether (sulfide) groups is 1. The Morgan fingerprint density at radius 2 is 2.27 bits per heavy atom. The van der Waals surface area contributed by atoms with Crippen LogP contribution in [0, 0.1) is 24.2 Å². The number of rotatable bonds is 0. The summed E-state index contributed by atoms with van der Waals surface area (Å²) in [6, 6.07) is 3.80. The lowest BCUT2D eigenvalue weighted by Crippen LogP contribution is -2.21. The third kappa shape index (κ3) is 2.46. The first kappa shape index (κ1) is 10.4. The Morgan fingerprint density at radius 3 is 2.80 bits per heavy atom. The lowest BCUT2D eigenvalue weighted by Gasteiger charge is -2.22. The number of aliphatic hydroxyl groups is 1. The molecule has 2 heterocycles. The molecule has 3 heteroatoms. The van der Waals surface area contributed by atoms with Gasteiger partial charge in [0.15, 0.2) is 0 Å². The predicted molar refractivity (Wildman–Crippen MR) is 65.7 cm³/mol. The molecule has 0 amide bonds. The summed E-state index contributed by atoms with van der Waals surface area (Å²) >= 11 is 3.14. The molecule has 0 aromatic carbocycles. The number of hydrogen-bond donors (Lipinski definition) is 1. The highest BCUT2D eigenvalue weighted by Gasteiger charge is 2.21. The van der Waals surface area contributed by atoms with Gasteiger partial charge in [0.2, 0.25) is 0 Å². The molecule has 1 aliphatic heterocycles. The third-order valence-electron chi connectivity index (χ3n) is 1.89. The number of terminal acetylenes is 1. The zero-order valence-corrected chi connectivity index (χ0v) is 9.49. The molecule has 15 heavy (non-hydrogen) atoms. The molecule has 0 spiro atoms. The molecular weight excluding hydrogens is 224 g/mol. The SMILES string of the molecule is C#Cc1ccc(C#C/C=C2\SCC2O)s1. The second-order valence-electron chi connectivity index (χ2n) is 2.95. The zero-order valence-electron chi connectivity index (χ0n) is 7.86. The van der Waals surface area contributed by atoms with Crippen molar-refractivity contribution in [1.29, 1.82) is 0 Å². The molecule has 1 saturated heterocycles. The number of hydrogen-bond acceptors (Lipinski definition) is 3. The van der Waals surface area contributed by atoms with Gasteiger partial charge in [0.05, 0.1) is 15.9 Å². The molecule has 1 aliphatic rings. The maximum absolute atomic E-state index is 9.27. The smallest absolute Gasteiger partial charge is 0.0948 e. The van der Waals surface area contributed by atoms with Crippen molar-refractivity contribution in [2.75, 3.05) is 5.75 Å². The molecule has 0 saturated carbocycles. The topological polar surface area (TPSA) is 20.2 Å². The minimum absolute atomic E-state index is 0.297. The fraction of sp³-hybridized carbons (Fsp3) is 0.167. The standard InChI is InChI=1S/C12H8OS2/c1-2-9-6-7-10(15-9)4-3-5-12-11(13)8-14-12/h1,5-7,11,13H,8H2/b12-5-. The Morgan fingerprint density at radius 1 is 1.47 bits per heavy atom. The third-order valence-corrected chi connectivity index (χ3v) is 4.03. The average molecular weight is 232 g/mol. The summed E-state index contributed by atoms with van der Waals surface area (Å²) in [6.45, 7) is 0. The van der Waals surface area contributed by atoms with E-state index >= 15 is 0 Å². The van der Waals surface area contributed by atoms with Crippen LogP contribution in [0.2, 0.25) is 0 Å². The number of aliphatic hydroxyl groups excluding tert-OH is 1. The molecule has 1 fully saturated rings. The summed E-state index contributed by atoms with van der Waals surface area (Å²) in [5.74, 6) is 9.26. The van der Waals surface area contributed by atoms with E-state index in [9.17, 15) is 5.11 Å². The van der Waals surface area contributed by atoms with Crippen LogP contribution in [-0.4, -0.2) is 17.0 Å². The molecule has 74 valence electrons. The quantitative estimate of drug-likeness (QED) is 0.691. The second-order valence-corrected chi connectivity index (χ2v) is 5.13. The van der Waals surface area contributed by atoms with Crippen LogP contribution in [0.1, 0.15) is 9.75 Å². The molecule has 0 bridgehead atoms. The maximum Gasteiger partial charge on any atom is 0.0948 e. The van der Waals surface area contributed by atoms with Gasteiger partial charge in [-0.3, -0.25) is 0 Å². The van der Waals surface area contributed by atoms with Gasteiger partial charge in [-0.05, 0) is 12.1 Å². The van der Waals surface area contributed by atoms with Gasteiger partial charge in [-0.1, -0.05) is 17.8 Å². The summed E-state index contributed by atoms with van der Waals surface area (Å²) in [5, 5.41) is 9.27. The minimum Gasteiger partial charge on any atom is -0.387 e. The lowest BCUT2D eigenvalue weighted by molar-refractivity contribution is 0.236. The Balaban J connectivity index is 2.06. The summed E-state index contributed by atoms with van der Waals surface area (Å²) < 4.78 is 0. The van der Waals surface area contributed by atoms with E-state index in [2.05, 4.69) is 17.8 Å². The Hall–Kier alpha value is -1.13. The van der Waals surface area contributed by atoms with E-state index in [-0.39, 0.29) is 6.10 Å². The molecule has 1 nitrogen and oxygen atoms in total. The normalized spacial score (nSPS) is 21.3. The van der Waals surface area contributed by atoms with Crippen molar-refractivity contribution >= 4 is 23.1 Å². The fourth-order valence-electron chi connectivity index (χ4n) is 1.05. The van der Waals surface area contributed by atoms with Crippen LogP contribution in [0.4, 0.5) is 0 Å².